The first-order chi connectivity index (χ1) is 9.02. The van der Waals surface area contributed by atoms with Crippen LogP contribution in [0.2, 0.25) is 0 Å². The summed E-state index contributed by atoms with van der Waals surface area (Å²) >= 11 is 0. The first-order valence-corrected chi connectivity index (χ1v) is 6.89. The molecule has 0 aromatic heterocycles. The summed E-state index contributed by atoms with van der Waals surface area (Å²) in [4.78, 5) is 26.7. The van der Waals surface area contributed by atoms with E-state index >= 15 is 0 Å². The Kier molecular flexibility index (Phi) is 6.08. The molecule has 0 aromatic carbocycles. The predicted octanol–water partition coefficient (Wildman–Crippen LogP) is 1.26. The number of urea groups is 1. The maximum atomic E-state index is 12.4. The third kappa shape index (κ3) is 3.83. The summed E-state index contributed by atoms with van der Waals surface area (Å²) in [5.74, 6) is -0.911. The van der Waals surface area contributed by atoms with E-state index < -0.39 is 12.0 Å². The fraction of sp³-hybridized carbons (Fsp3) is 0.846. The lowest BCUT2D eigenvalue weighted by Crippen LogP contribution is -2.50. The molecule has 19 heavy (non-hydrogen) atoms. The number of hydrogen-bond acceptors (Lipinski definition) is 3. The van der Waals surface area contributed by atoms with Gasteiger partial charge in [0.25, 0.3) is 0 Å². The van der Waals surface area contributed by atoms with Crippen molar-refractivity contribution in [2.24, 2.45) is 5.92 Å². The van der Waals surface area contributed by atoms with Crippen LogP contribution in [0.1, 0.15) is 27.2 Å². The fourth-order valence-electron chi connectivity index (χ4n) is 2.43. The number of carbonyl (C=O) groups excluding carboxylic acids is 1. The van der Waals surface area contributed by atoms with E-state index in [0.29, 0.717) is 32.8 Å². The number of nitrogens with zero attached hydrogens (tertiary/aromatic N) is 2. The molecule has 0 spiro atoms. The Labute approximate surface area is 114 Å². The molecule has 1 heterocycles. The van der Waals surface area contributed by atoms with Crippen LogP contribution < -0.4 is 0 Å². The zero-order valence-corrected chi connectivity index (χ0v) is 12.0. The topological polar surface area (TPSA) is 70.1 Å². The van der Waals surface area contributed by atoms with Crippen LogP contribution >= 0.6 is 0 Å². The first-order valence-electron chi connectivity index (χ1n) is 6.89. The van der Waals surface area contributed by atoms with E-state index in [1.54, 1.807) is 4.90 Å². The normalized spacial score (nSPS) is 22.6. The van der Waals surface area contributed by atoms with Crippen LogP contribution in [0.5, 0.6) is 0 Å². The highest BCUT2D eigenvalue weighted by Gasteiger charge is 2.40. The van der Waals surface area contributed by atoms with Crippen LogP contribution in [0.15, 0.2) is 0 Å². The highest BCUT2D eigenvalue weighted by atomic mass is 16.5. The number of aliphatic carboxylic acids is 1. The molecule has 1 fully saturated rings. The van der Waals surface area contributed by atoms with E-state index in [9.17, 15) is 14.7 Å². The number of likely N-dealkylation sites (N-methyl/N-ethyl adjacent to an activating group) is 1. The second-order valence-corrected chi connectivity index (χ2v) is 4.80. The molecule has 0 saturated carbocycles. The molecule has 2 atom stereocenters. The van der Waals surface area contributed by atoms with Gasteiger partial charge in [0, 0.05) is 26.2 Å². The molecular formula is C13H24N2O4. The number of rotatable bonds is 6. The monoisotopic (exact) mass is 272 g/mol. The molecule has 2 unspecified atom stereocenters. The average molecular weight is 272 g/mol. The van der Waals surface area contributed by atoms with Gasteiger partial charge in [-0.1, -0.05) is 6.92 Å². The largest absolute Gasteiger partial charge is 0.480 e. The Morgan fingerprint density at radius 3 is 2.63 bits per heavy atom. The van der Waals surface area contributed by atoms with Gasteiger partial charge < -0.3 is 19.6 Å². The Morgan fingerprint density at radius 2 is 2.11 bits per heavy atom. The summed E-state index contributed by atoms with van der Waals surface area (Å²) in [6, 6.07) is -0.896. The van der Waals surface area contributed by atoms with Gasteiger partial charge in [0.1, 0.15) is 6.04 Å². The lowest BCUT2D eigenvalue weighted by molar-refractivity contribution is -0.142. The van der Waals surface area contributed by atoms with Gasteiger partial charge in [-0.25, -0.2) is 9.59 Å². The fourth-order valence-corrected chi connectivity index (χ4v) is 2.43. The number of amides is 2. The van der Waals surface area contributed by atoms with E-state index in [0.717, 1.165) is 6.42 Å². The summed E-state index contributed by atoms with van der Waals surface area (Å²) in [5, 5.41) is 9.23. The number of likely N-dealkylation sites (tertiary alicyclic amines) is 1. The van der Waals surface area contributed by atoms with Crippen molar-refractivity contribution >= 4 is 12.0 Å². The van der Waals surface area contributed by atoms with Gasteiger partial charge in [-0.15, -0.1) is 0 Å². The summed E-state index contributed by atoms with van der Waals surface area (Å²) < 4.78 is 5.25. The smallest absolute Gasteiger partial charge is 0.326 e. The third-order valence-electron chi connectivity index (χ3n) is 3.56. The molecule has 110 valence electrons. The number of hydrogen-bond donors (Lipinski definition) is 1. The van der Waals surface area contributed by atoms with Crippen molar-refractivity contribution in [2.45, 2.75) is 33.2 Å². The molecule has 6 heteroatoms. The van der Waals surface area contributed by atoms with Crippen molar-refractivity contribution in [3.8, 4) is 0 Å². The lowest BCUT2D eigenvalue weighted by atomic mass is 10.0. The Hall–Kier alpha value is -1.30. The van der Waals surface area contributed by atoms with E-state index in [1.165, 1.54) is 4.90 Å². The third-order valence-corrected chi connectivity index (χ3v) is 3.56. The average Bonchev–Trinajstić information content (AvgIpc) is 2.76. The maximum absolute atomic E-state index is 12.4. The van der Waals surface area contributed by atoms with Crippen molar-refractivity contribution in [2.75, 3.05) is 32.8 Å². The second-order valence-electron chi connectivity index (χ2n) is 4.80. The van der Waals surface area contributed by atoms with Crippen LogP contribution in [-0.2, 0) is 9.53 Å². The minimum Gasteiger partial charge on any atom is -0.480 e. The van der Waals surface area contributed by atoms with Crippen molar-refractivity contribution in [3.63, 3.8) is 0 Å². The molecule has 6 nitrogen and oxygen atoms in total. The molecular weight excluding hydrogens is 248 g/mol. The van der Waals surface area contributed by atoms with Gasteiger partial charge in [-0.05, 0) is 26.2 Å². The van der Waals surface area contributed by atoms with E-state index in [-0.39, 0.29) is 11.9 Å². The van der Waals surface area contributed by atoms with Gasteiger partial charge >= 0.3 is 12.0 Å². The van der Waals surface area contributed by atoms with Crippen molar-refractivity contribution < 1.29 is 19.4 Å². The summed E-state index contributed by atoms with van der Waals surface area (Å²) in [7, 11) is 0. The summed E-state index contributed by atoms with van der Waals surface area (Å²) in [6.07, 6.45) is 0.742. The van der Waals surface area contributed by atoms with Gasteiger partial charge in [-0.2, -0.15) is 0 Å². The molecule has 0 bridgehead atoms. The highest BCUT2D eigenvalue weighted by Crippen LogP contribution is 2.25. The number of carboxylic acid groups (broad SMARTS) is 1. The molecule has 2 amide bonds. The van der Waals surface area contributed by atoms with Crippen LogP contribution in [0.4, 0.5) is 4.79 Å². The maximum Gasteiger partial charge on any atom is 0.326 e. The lowest BCUT2D eigenvalue weighted by Gasteiger charge is -2.30. The molecule has 0 aliphatic carbocycles. The first kappa shape index (κ1) is 15.8. The molecule has 0 radical (unpaired) electrons. The highest BCUT2D eigenvalue weighted by molar-refractivity contribution is 5.83. The quantitative estimate of drug-likeness (QED) is 0.739. The Balaban J connectivity index is 2.65. The van der Waals surface area contributed by atoms with Crippen molar-refractivity contribution in [1.82, 2.24) is 9.80 Å². The molecule has 1 aliphatic heterocycles. The van der Waals surface area contributed by atoms with Crippen molar-refractivity contribution in [3.05, 3.63) is 0 Å². The zero-order valence-electron chi connectivity index (χ0n) is 12.0. The van der Waals surface area contributed by atoms with E-state index in [2.05, 4.69) is 0 Å². The van der Waals surface area contributed by atoms with Gasteiger partial charge in [0.15, 0.2) is 0 Å². The van der Waals surface area contributed by atoms with E-state index in [4.69, 9.17) is 4.74 Å². The van der Waals surface area contributed by atoms with Crippen molar-refractivity contribution in [1.29, 1.82) is 0 Å². The summed E-state index contributed by atoms with van der Waals surface area (Å²) in [5.41, 5.74) is 0. The molecule has 0 aromatic rings. The minimum absolute atomic E-state index is 0.00653. The Bertz CT molecular complexity index is 322. The van der Waals surface area contributed by atoms with Gasteiger partial charge in [-0.3, -0.25) is 0 Å². The molecule has 1 saturated heterocycles. The molecule has 1 aliphatic rings. The summed E-state index contributed by atoms with van der Waals surface area (Å²) in [6.45, 7) is 8.34. The van der Waals surface area contributed by atoms with E-state index in [1.807, 2.05) is 20.8 Å². The number of carbonyl (C=O) groups is 2. The SMILES string of the molecule is CCOCCN(CC)C(=O)N1CCC(C)C1C(=O)O. The number of carboxylic acids is 1. The minimum atomic E-state index is -0.917. The standard InChI is InChI=1S/C13H24N2O4/c1-4-14(8-9-19-5-2)13(18)15-7-6-10(3)11(15)12(16)17/h10-11H,4-9H2,1-3H3,(H,16,17). The number of ether oxygens (including phenoxy) is 1. The van der Waals surface area contributed by atoms with Crippen LogP contribution in [-0.4, -0.2) is 65.8 Å². The zero-order chi connectivity index (χ0) is 14.4. The molecule has 1 rings (SSSR count). The Morgan fingerprint density at radius 1 is 1.42 bits per heavy atom. The van der Waals surface area contributed by atoms with Crippen LogP contribution in [0.25, 0.3) is 0 Å². The molecule has 1 N–H and O–H groups in total. The van der Waals surface area contributed by atoms with Crippen LogP contribution in [0, 0.1) is 5.92 Å². The van der Waals surface area contributed by atoms with Gasteiger partial charge in [0.2, 0.25) is 0 Å². The predicted molar refractivity (Wildman–Crippen MR) is 71.0 cm³/mol. The van der Waals surface area contributed by atoms with Gasteiger partial charge in [0.05, 0.1) is 6.61 Å². The second kappa shape index (κ2) is 7.33. The van der Waals surface area contributed by atoms with Crippen LogP contribution in [0.3, 0.4) is 0 Å².